The monoisotopic (exact) mass is 770 g/mol. The Balaban J connectivity index is 0.773. The lowest BCUT2D eigenvalue weighted by Crippen LogP contribution is -2.66. The topological polar surface area (TPSA) is 152 Å². The minimum absolute atomic E-state index is 0.0162. The Bertz CT molecular complexity index is 2210. The van der Waals surface area contributed by atoms with Crippen molar-refractivity contribution in [1.82, 2.24) is 20.2 Å². The summed E-state index contributed by atoms with van der Waals surface area (Å²) in [7, 11) is 0. The first-order valence-electron chi connectivity index (χ1n) is 19.8. The molecule has 3 unspecified atom stereocenters. The zero-order chi connectivity index (χ0) is 39.3. The predicted octanol–water partition coefficient (Wildman–Crippen LogP) is 5.42. The molecule has 13 nitrogen and oxygen atoms in total. The van der Waals surface area contributed by atoms with Gasteiger partial charge in [-0.25, -0.2) is 9.97 Å². The standard InChI is InChI=1S/C44H46N6O7/c1-43(2,27-6-11-32(12-7-27)56-22-31-18-19-45-42(47-31)49-23-44(24-49)25-55-26-44)28-8-13-33(14-9-28)57-34-5-3-4-29(20-34)46-30-10-15-35-36(21-30)41(54)50(40(35)53)37-16-17-38(51)48-39(37)52/h6-15,18-19,21,29,34,37,46H,3-5,16-17,20,22-26H2,1-2H3,(H,48,51,52). The number of carbonyl (C=O) groups excluding carboxylic acids is 4. The predicted molar refractivity (Wildman–Crippen MR) is 210 cm³/mol. The van der Waals surface area contributed by atoms with Gasteiger partial charge in [0.1, 0.15) is 30.3 Å². The van der Waals surface area contributed by atoms with E-state index in [9.17, 15) is 19.2 Å². The number of rotatable bonds is 11. The molecule has 5 aliphatic rings. The Morgan fingerprint density at radius 3 is 2.30 bits per heavy atom. The molecule has 4 aliphatic heterocycles. The summed E-state index contributed by atoms with van der Waals surface area (Å²) in [5.74, 6) is 0.306. The molecule has 4 fully saturated rings. The third-order valence-electron chi connectivity index (χ3n) is 12.1. The minimum atomic E-state index is -0.988. The van der Waals surface area contributed by atoms with Crippen LogP contribution in [0.4, 0.5) is 11.6 Å². The molecule has 1 aliphatic carbocycles. The van der Waals surface area contributed by atoms with E-state index < -0.39 is 29.7 Å². The number of anilines is 2. The Hall–Kier alpha value is -5.82. The number of nitrogens with one attached hydrogen (secondary N) is 2. The molecule has 0 radical (unpaired) electrons. The molecule has 13 heteroatoms. The maximum Gasteiger partial charge on any atom is 0.262 e. The van der Waals surface area contributed by atoms with Crippen LogP contribution < -0.4 is 25.0 Å². The molecule has 3 saturated heterocycles. The SMILES string of the molecule is CC(C)(c1ccc(OCc2ccnc(N3CC4(COC4)C3)n2)cc1)c1ccc(OC2CCCC(Nc3ccc4c(c3)C(=O)N(C3CCC(=O)NC3=O)C4=O)C2)cc1. The number of piperidine rings is 1. The lowest BCUT2D eigenvalue weighted by molar-refractivity contribution is -0.136. The number of nitrogens with zero attached hydrogens (tertiary/aromatic N) is 4. The molecule has 3 aromatic carbocycles. The molecule has 4 amide bonds. The van der Waals surface area contributed by atoms with Gasteiger partial charge in [-0.2, -0.15) is 0 Å². The van der Waals surface area contributed by atoms with E-state index in [1.807, 2.05) is 30.3 Å². The lowest BCUT2D eigenvalue weighted by atomic mass is 9.78. The van der Waals surface area contributed by atoms with Gasteiger partial charge in [-0.3, -0.25) is 29.4 Å². The smallest absolute Gasteiger partial charge is 0.262 e. The minimum Gasteiger partial charge on any atom is -0.490 e. The van der Waals surface area contributed by atoms with Crippen LogP contribution in [0.5, 0.6) is 11.5 Å². The number of fused-ring (bicyclic) bond motifs is 1. The third kappa shape index (κ3) is 7.20. The van der Waals surface area contributed by atoms with Gasteiger partial charge in [-0.15, -0.1) is 0 Å². The van der Waals surface area contributed by atoms with E-state index in [1.165, 1.54) is 11.1 Å². The van der Waals surface area contributed by atoms with Crippen LogP contribution in [0, 0.1) is 5.41 Å². The van der Waals surface area contributed by atoms with Gasteiger partial charge < -0.3 is 24.4 Å². The first kappa shape index (κ1) is 36.8. The van der Waals surface area contributed by atoms with Crippen LogP contribution in [0.3, 0.4) is 0 Å². The summed E-state index contributed by atoms with van der Waals surface area (Å²) in [6.45, 7) is 8.33. The highest BCUT2D eigenvalue weighted by Crippen LogP contribution is 2.39. The third-order valence-corrected chi connectivity index (χ3v) is 12.1. The van der Waals surface area contributed by atoms with E-state index in [2.05, 4.69) is 58.6 Å². The Morgan fingerprint density at radius 2 is 1.60 bits per heavy atom. The van der Waals surface area contributed by atoms with E-state index in [0.29, 0.717) is 12.0 Å². The van der Waals surface area contributed by atoms with Crippen LogP contribution in [0.25, 0.3) is 0 Å². The largest absolute Gasteiger partial charge is 0.490 e. The molecule has 3 atom stereocenters. The van der Waals surface area contributed by atoms with Crippen LogP contribution in [-0.2, 0) is 26.3 Å². The van der Waals surface area contributed by atoms with Gasteiger partial charge in [0.05, 0.1) is 35.4 Å². The first-order chi connectivity index (χ1) is 27.5. The molecule has 0 bridgehead atoms. The summed E-state index contributed by atoms with van der Waals surface area (Å²) >= 11 is 0. The molecule has 294 valence electrons. The van der Waals surface area contributed by atoms with Gasteiger partial charge in [0, 0.05) is 49.3 Å². The average Bonchev–Trinajstić information content (AvgIpc) is 3.41. The number of benzene rings is 3. The van der Waals surface area contributed by atoms with Crippen molar-refractivity contribution in [3.63, 3.8) is 0 Å². The molecule has 57 heavy (non-hydrogen) atoms. The number of amides is 4. The number of hydrogen-bond acceptors (Lipinski definition) is 11. The number of ether oxygens (including phenoxy) is 3. The summed E-state index contributed by atoms with van der Waals surface area (Å²) in [5, 5.41) is 5.79. The van der Waals surface area contributed by atoms with Gasteiger partial charge >= 0.3 is 0 Å². The van der Waals surface area contributed by atoms with Gasteiger partial charge in [-0.1, -0.05) is 38.1 Å². The first-order valence-corrected chi connectivity index (χ1v) is 19.8. The van der Waals surface area contributed by atoms with Crippen molar-refractivity contribution in [2.75, 3.05) is 36.5 Å². The molecule has 4 aromatic rings. The molecule has 5 heterocycles. The van der Waals surface area contributed by atoms with Crippen molar-refractivity contribution in [3.8, 4) is 11.5 Å². The zero-order valence-corrected chi connectivity index (χ0v) is 32.2. The maximum atomic E-state index is 13.3. The summed E-state index contributed by atoms with van der Waals surface area (Å²) in [5.41, 5.74) is 4.49. The second-order valence-corrected chi connectivity index (χ2v) is 16.6. The van der Waals surface area contributed by atoms with Crippen molar-refractivity contribution >= 4 is 35.3 Å². The van der Waals surface area contributed by atoms with E-state index in [4.69, 9.17) is 19.2 Å². The Morgan fingerprint density at radius 1 is 0.877 bits per heavy atom. The molecule has 9 rings (SSSR count). The summed E-state index contributed by atoms with van der Waals surface area (Å²) < 4.78 is 18.0. The fraction of sp³-hybridized carbons (Fsp3) is 0.409. The van der Waals surface area contributed by atoms with E-state index in [1.54, 1.807) is 24.4 Å². The van der Waals surface area contributed by atoms with Crippen molar-refractivity contribution in [1.29, 1.82) is 0 Å². The van der Waals surface area contributed by atoms with Crippen molar-refractivity contribution in [3.05, 3.63) is 107 Å². The van der Waals surface area contributed by atoms with Crippen molar-refractivity contribution in [2.45, 2.75) is 82.6 Å². The Labute approximate surface area is 331 Å². The van der Waals surface area contributed by atoms with Gasteiger partial charge in [-0.05, 0) is 85.3 Å². The molecular weight excluding hydrogens is 725 g/mol. The van der Waals surface area contributed by atoms with Crippen LogP contribution >= 0.6 is 0 Å². The highest BCUT2D eigenvalue weighted by molar-refractivity contribution is 6.23. The summed E-state index contributed by atoms with van der Waals surface area (Å²) in [6, 6.07) is 22.7. The van der Waals surface area contributed by atoms with E-state index in [-0.39, 0.29) is 41.5 Å². The molecule has 1 aromatic heterocycles. The lowest BCUT2D eigenvalue weighted by Gasteiger charge is -2.54. The number of hydrogen-bond donors (Lipinski definition) is 2. The van der Waals surface area contributed by atoms with Gasteiger partial charge in [0.15, 0.2) is 0 Å². The highest BCUT2D eigenvalue weighted by atomic mass is 16.5. The Kier molecular flexibility index (Phi) is 9.42. The number of imide groups is 2. The second-order valence-electron chi connectivity index (χ2n) is 16.6. The highest BCUT2D eigenvalue weighted by Gasteiger charge is 2.50. The number of aromatic nitrogens is 2. The van der Waals surface area contributed by atoms with Gasteiger partial charge in [0.25, 0.3) is 11.8 Å². The molecule has 1 saturated carbocycles. The number of carbonyl (C=O) groups is 4. The average molecular weight is 771 g/mol. The summed E-state index contributed by atoms with van der Waals surface area (Å²) in [6.07, 6.45) is 5.66. The van der Waals surface area contributed by atoms with Gasteiger partial charge in [0.2, 0.25) is 17.8 Å². The fourth-order valence-corrected chi connectivity index (χ4v) is 8.71. The normalized spacial score (nSPS) is 22.7. The van der Waals surface area contributed by atoms with E-state index in [0.717, 1.165) is 85.7 Å². The van der Waals surface area contributed by atoms with Crippen LogP contribution in [0.2, 0.25) is 0 Å². The van der Waals surface area contributed by atoms with Crippen LogP contribution in [-0.4, -0.2) is 83.0 Å². The van der Waals surface area contributed by atoms with Crippen LogP contribution in [0.1, 0.15) is 89.9 Å². The van der Waals surface area contributed by atoms with Crippen molar-refractivity contribution in [2.24, 2.45) is 5.41 Å². The van der Waals surface area contributed by atoms with Crippen molar-refractivity contribution < 1.29 is 33.4 Å². The maximum absolute atomic E-state index is 13.3. The molecule has 2 N–H and O–H groups in total. The quantitative estimate of drug-likeness (QED) is 0.188. The molecular formula is C44H46N6O7. The van der Waals surface area contributed by atoms with E-state index >= 15 is 0 Å². The summed E-state index contributed by atoms with van der Waals surface area (Å²) in [4.78, 5) is 62.9. The molecule has 1 spiro atoms. The zero-order valence-electron chi connectivity index (χ0n) is 32.2. The van der Waals surface area contributed by atoms with Crippen LogP contribution in [0.15, 0.2) is 79.0 Å². The fourth-order valence-electron chi connectivity index (χ4n) is 8.71. The second kappa shape index (κ2) is 14.6.